The summed E-state index contributed by atoms with van der Waals surface area (Å²) in [6.45, 7) is 4.03. The number of halogens is 2. The third-order valence-electron chi connectivity index (χ3n) is 5.32. The molecule has 4 rings (SSSR count). The van der Waals surface area contributed by atoms with Crippen LogP contribution in [0.25, 0.3) is 6.08 Å². The van der Waals surface area contributed by atoms with E-state index in [1.54, 1.807) is 42.5 Å². The number of rotatable bonds is 8. The Morgan fingerprint density at radius 2 is 1.89 bits per heavy atom. The smallest absolute Gasteiger partial charge is 0.285 e. The molecule has 1 saturated heterocycles. The van der Waals surface area contributed by atoms with Crippen LogP contribution in [-0.2, 0) is 11.4 Å². The highest BCUT2D eigenvalue weighted by Gasteiger charge is 2.33. The summed E-state index contributed by atoms with van der Waals surface area (Å²) in [5.74, 6) is -0.516. The number of thiocarbonyl (C=S) groups is 1. The molecule has 0 saturated carbocycles. The van der Waals surface area contributed by atoms with Crippen molar-refractivity contribution in [1.29, 1.82) is 0 Å². The van der Waals surface area contributed by atoms with Crippen molar-refractivity contribution < 1.29 is 23.5 Å². The van der Waals surface area contributed by atoms with Crippen molar-refractivity contribution in [3.05, 3.63) is 98.7 Å². The van der Waals surface area contributed by atoms with Crippen LogP contribution in [0.3, 0.4) is 0 Å². The predicted molar refractivity (Wildman–Crippen MR) is 147 cm³/mol. The second-order valence-electron chi connectivity index (χ2n) is 7.95. The molecule has 0 aliphatic carbocycles. The molecule has 2 amide bonds. The fourth-order valence-corrected chi connectivity index (χ4v) is 4.81. The Labute approximate surface area is 228 Å². The molecule has 0 radical (unpaired) electrons. The van der Waals surface area contributed by atoms with Crippen LogP contribution in [0.4, 0.5) is 4.39 Å². The minimum atomic E-state index is -0.460. The first-order valence-electron chi connectivity index (χ1n) is 11.2. The lowest BCUT2D eigenvalue weighted by molar-refractivity contribution is -0.123. The summed E-state index contributed by atoms with van der Waals surface area (Å²) < 4.78 is 25.8. The fraction of sp³-hybridized carbons (Fsp3) is 0.148. The van der Waals surface area contributed by atoms with E-state index in [0.29, 0.717) is 34.1 Å². The number of thioether (sulfide) groups is 1. The van der Waals surface area contributed by atoms with Crippen molar-refractivity contribution in [1.82, 2.24) is 10.4 Å². The Hall–Kier alpha value is -3.40. The zero-order valence-electron chi connectivity index (χ0n) is 19.9. The number of carbonyl (C=O) groups is 2. The van der Waals surface area contributed by atoms with E-state index in [-0.39, 0.29) is 21.5 Å². The van der Waals surface area contributed by atoms with E-state index in [1.165, 1.54) is 12.1 Å². The first kappa shape index (κ1) is 26.7. The van der Waals surface area contributed by atoms with Gasteiger partial charge in [-0.15, -0.1) is 0 Å². The summed E-state index contributed by atoms with van der Waals surface area (Å²) in [4.78, 5) is 25.9. The quantitative estimate of drug-likeness (QED) is 0.259. The van der Waals surface area contributed by atoms with Gasteiger partial charge in [0.1, 0.15) is 12.4 Å². The lowest BCUT2D eigenvalue weighted by Crippen LogP contribution is -2.44. The molecular formula is C27H22ClFN2O4S2. The normalized spacial score (nSPS) is 14.3. The number of nitrogens with zero attached hydrogens (tertiary/aromatic N) is 1. The molecular weight excluding hydrogens is 535 g/mol. The van der Waals surface area contributed by atoms with E-state index < -0.39 is 17.6 Å². The molecule has 1 fully saturated rings. The van der Waals surface area contributed by atoms with Crippen LogP contribution in [0, 0.1) is 12.7 Å². The zero-order valence-corrected chi connectivity index (χ0v) is 22.3. The van der Waals surface area contributed by atoms with Gasteiger partial charge in [0.05, 0.1) is 16.5 Å². The van der Waals surface area contributed by atoms with E-state index in [2.05, 4.69) is 5.43 Å². The minimum Gasteiger partial charge on any atom is -0.490 e. The van der Waals surface area contributed by atoms with E-state index in [0.717, 1.165) is 22.3 Å². The van der Waals surface area contributed by atoms with Crippen molar-refractivity contribution >= 4 is 57.8 Å². The van der Waals surface area contributed by atoms with Crippen LogP contribution in [-0.4, -0.2) is 27.8 Å². The SMILES string of the molecule is CCOc1cc(/C=C2/SC(=S)N(NC(=O)c3ccc(C)cc3)C2=O)ccc1OCc1c(F)cccc1Cl. The van der Waals surface area contributed by atoms with Crippen molar-refractivity contribution in [2.45, 2.75) is 20.5 Å². The molecule has 10 heteroatoms. The molecule has 3 aromatic carbocycles. The summed E-state index contributed by atoms with van der Waals surface area (Å²) in [5.41, 5.74) is 4.90. The van der Waals surface area contributed by atoms with Crippen LogP contribution in [0.2, 0.25) is 5.02 Å². The first-order chi connectivity index (χ1) is 17.8. The van der Waals surface area contributed by atoms with E-state index in [9.17, 15) is 14.0 Å². The highest BCUT2D eigenvalue weighted by atomic mass is 35.5. The Bertz CT molecular complexity index is 1380. The van der Waals surface area contributed by atoms with Gasteiger partial charge in [-0.05, 0) is 74.1 Å². The van der Waals surface area contributed by atoms with Gasteiger partial charge in [-0.2, -0.15) is 5.01 Å². The zero-order chi connectivity index (χ0) is 26.5. The van der Waals surface area contributed by atoms with Gasteiger partial charge in [0, 0.05) is 11.1 Å². The van der Waals surface area contributed by atoms with Crippen LogP contribution < -0.4 is 14.9 Å². The van der Waals surface area contributed by atoms with E-state index in [1.807, 2.05) is 26.0 Å². The Morgan fingerprint density at radius 1 is 1.14 bits per heavy atom. The van der Waals surface area contributed by atoms with Gasteiger partial charge in [-0.1, -0.05) is 53.2 Å². The Morgan fingerprint density at radius 3 is 2.59 bits per heavy atom. The fourth-order valence-electron chi connectivity index (χ4n) is 3.41. The third kappa shape index (κ3) is 6.30. The first-order valence-corrected chi connectivity index (χ1v) is 12.8. The molecule has 37 heavy (non-hydrogen) atoms. The number of carbonyl (C=O) groups excluding carboxylic acids is 2. The number of ether oxygens (including phenoxy) is 2. The van der Waals surface area contributed by atoms with Gasteiger partial charge >= 0.3 is 0 Å². The summed E-state index contributed by atoms with van der Waals surface area (Å²) >= 11 is 12.5. The van der Waals surface area contributed by atoms with Gasteiger partial charge in [0.25, 0.3) is 11.8 Å². The average Bonchev–Trinajstić information content (AvgIpc) is 3.12. The molecule has 0 spiro atoms. The van der Waals surface area contributed by atoms with Crippen LogP contribution in [0.5, 0.6) is 11.5 Å². The maximum Gasteiger partial charge on any atom is 0.285 e. The van der Waals surface area contributed by atoms with Gasteiger partial charge in [-0.25, -0.2) is 4.39 Å². The summed E-state index contributed by atoms with van der Waals surface area (Å²) in [6, 6.07) is 16.5. The van der Waals surface area contributed by atoms with Crippen LogP contribution in [0.15, 0.2) is 65.6 Å². The number of hydrazine groups is 1. The van der Waals surface area contributed by atoms with E-state index >= 15 is 0 Å². The van der Waals surface area contributed by atoms with E-state index in [4.69, 9.17) is 33.3 Å². The van der Waals surface area contributed by atoms with Crippen LogP contribution >= 0.6 is 35.6 Å². The molecule has 0 atom stereocenters. The molecule has 6 nitrogen and oxygen atoms in total. The van der Waals surface area contributed by atoms with Gasteiger partial charge < -0.3 is 9.47 Å². The van der Waals surface area contributed by atoms with Crippen molar-refractivity contribution in [2.75, 3.05) is 6.61 Å². The number of aryl methyl sites for hydroxylation is 1. The number of hydrogen-bond acceptors (Lipinski definition) is 6. The lowest BCUT2D eigenvalue weighted by atomic mass is 10.1. The number of hydrogen-bond donors (Lipinski definition) is 1. The van der Waals surface area contributed by atoms with Gasteiger partial charge in [0.15, 0.2) is 15.8 Å². The standard InChI is InChI=1S/C27H22ClFN2O4S2/c1-3-34-23-13-17(9-12-22(23)35-15-19-20(28)5-4-6-21(19)29)14-24-26(33)31(27(36)37-24)30-25(32)18-10-7-16(2)8-11-18/h4-14H,3,15H2,1-2H3,(H,30,32)/b24-14+. The summed E-state index contributed by atoms with van der Waals surface area (Å²) in [7, 11) is 0. The number of benzene rings is 3. The maximum atomic E-state index is 14.1. The molecule has 0 aromatic heterocycles. The maximum absolute atomic E-state index is 14.1. The average molecular weight is 557 g/mol. The monoisotopic (exact) mass is 556 g/mol. The summed E-state index contributed by atoms with van der Waals surface area (Å²) in [5, 5.41) is 1.33. The number of nitrogens with one attached hydrogen (secondary N) is 1. The van der Waals surface area contributed by atoms with Crippen LogP contribution in [0.1, 0.15) is 34.0 Å². The highest BCUT2D eigenvalue weighted by molar-refractivity contribution is 8.26. The molecule has 0 bridgehead atoms. The molecule has 3 aromatic rings. The molecule has 0 unspecified atom stereocenters. The predicted octanol–water partition coefficient (Wildman–Crippen LogP) is 6.31. The molecule has 190 valence electrons. The second-order valence-corrected chi connectivity index (χ2v) is 10.0. The molecule has 1 heterocycles. The van der Waals surface area contributed by atoms with Crippen molar-refractivity contribution in [2.24, 2.45) is 0 Å². The van der Waals surface area contributed by atoms with Gasteiger partial charge in [-0.3, -0.25) is 15.0 Å². The molecule has 1 aliphatic heterocycles. The van der Waals surface area contributed by atoms with Crippen molar-refractivity contribution in [3.63, 3.8) is 0 Å². The number of amides is 2. The Kier molecular flexibility index (Phi) is 8.48. The minimum absolute atomic E-state index is 0.0791. The third-order valence-corrected chi connectivity index (χ3v) is 6.98. The molecule has 1 aliphatic rings. The van der Waals surface area contributed by atoms with Crippen molar-refractivity contribution in [3.8, 4) is 11.5 Å². The van der Waals surface area contributed by atoms with Gasteiger partial charge in [0.2, 0.25) is 0 Å². The molecule has 1 N–H and O–H groups in total. The topological polar surface area (TPSA) is 67.9 Å². The highest BCUT2D eigenvalue weighted by Crippen LogP contribution is 2.35. The largest absolute Gasteiger partial charge is 0.490 e. The Balaban J connectivity index is 1.50. The summed E-state index contributed by atoms with van der Waals surface area (Å²) in [6.07, 6.45) is 1.65. The second kappa shape index (κ2) is 11.8. The lowest BCUT2D eigenvalue weighted by Gasteiger charge is -2.15.